The molecule has 28 heavy (non-hydrogen) atoms. The van der Waals surface area contributed by atoms with E-state index < -0.39 is 0 Å². The number of nitrogens with zero attached hydrogens (tertiary/aromatic N) is 1. The van der Waals surface area contributed by atoms with Crippen molar-refractivity contribution in [2.45, 2.75) is 32.7 Å². The van der Waals surface area contributed by atoms with Crippen molar-refractivity contribution in [2.24, 2.45) is 5.92 Å². The van der Waals surface area contributed by atoms with E-state index in [-0.39, 0.29) is 23.8 Å². The van der Waals surface area contributed by atoms with Crippen molar-refractivity contribution in [3.8, 4) is 0 Å². The van der Waals surface area contributed by atoms with Crippen molar-refractivity contribution in [1.82, 2.24) is 10.2 Å². The first-order valence-electron chi connectivity index (χ1n) is 9.47. The van der Waals surface area contributed by atoms with Crippen molar-refractivity contribution in [3.05, 3.63) is 69.2 Å². The predicted octanol–water partition coefficient (Wildman–Crippen LogP) is 5.03. The van der Waals surface area contributed by atoms with Crippen LogP contribution in [0.1, 0.15) is 47.3 Å². The average Bonchev–Trinajstić information content (AvgIpc) is 2.67. The van der Waals surface area contributed by atoms with Crippen LogP contribution in [0.5, 0.6) is 0 Å². The standard InChI is InChI=1S/C22H24Cl2N2O2/c1-14-5-3-4-6-18(14)22(28)26-11-9-16(10-12-26)21(27)25-15(2)19-8-7-17(23)13-20(19)24/h3-8,13,15-16H,9-12H2,1-2H3,(H,25,27). The van der Waals surface area contributed by atoms with Crippen LogP contribution in [0.2, 0.25) is 10.0 Å². The first-order chi connectivity index (χ1) is 13.4. The third-order valence-electron chi connectivity index (χ3n) is 5.32. The molecule has 0 aliphatic carbocycles. The SMILES string of the molecule is Cc1ccccc1C(=O)N1CCC(C(=O)NC(C)c2ccc(Cl)cc2Cl)CC1. The molecule has 1 unspecified atom stereocenters. The highest BCUT2D eigenvalue weighted by atomic mass is 35.5. The number of hydrogen-bond donors (Lipinski definition) is 1. The summed E-state index contributed by atoms with van der Waals surface area (Å²) in [6.07, 6.45) is 1.31. The highest BCUT2D eigenvalue weighted by molar-refractivity contribution is 6.35. The predicted molar refractivity (Wildman–Crippen MR) is 113 cm³/mol. The van der Waals surface area contributed by atoms with Gasteiger partial charge in [-0.15, -0.1) is 0 Å². The third kappa shape index (κ3) is 4.68. The first kappa shape index (κ1) is 20.7. The van der Waals surface area contributed by atoms with Gasteiger partial charge in [0.2, 0.25) is 5.91 Å². The van der Waals surface area contributed by atoms with Gasteiger partial charge in [-0.1, -0.05) is 47.5 Å². The van der Waals surface area contributed by atoms with Crippen molar-refractivity contribution in [3.63, 3.8) is 0 Å². The summed E-state index contributed by atoms with van der Waals surface area (Å²) >= 11 is 12.2. The van der Waals surface area contributed by atoms with Gasteiger partial charge in [0.1, 0.15) is 0 Å². The summed E-state index contributed by atoms with van der Waals surface area (Å²) in [5, 5.41) is 4.15. The van der Waals surface area contributed by atoms with Crippen LogP contribution >= 0.6 is 23.2 Å². The van der Waals surface area contributed by atoms with Crippen molar-refractivity contribution < 1.29 is 9.59 Å². The van der Waals surface area contributed by atoms with E-state index in [0.717, 1.165) is 16.7 Å². The molecular weight excluding hydrogens is 395 g/mol. The number of carbonyl (C=O) groups is 2. The van der Waals surface area contributed by atoms with Crippen LogP contribution in [0.3, 0.4) is 0 Å². The minimum Gasteiger partial charge on any atom is -0.349 e. The smallest absolute Gasteiger partial charge is 0.254 e. The number of hydrogen-bond acceptors (Lipinski definition) is 2. The lowest BCUT2D eigenvalue weighted by Crippen LogP contribution is -2.43. The summed E-state index contributed by atoms with van der Waals surface area (Å²) in [6, 6.07) is 12.7. The first-order valence-corrected chi connectivity index (χ1v) is 10.2. The normalized spacial score (nSPS) is 15.9. The van der Waals surface area contributed by atoms with Crippen LogP contribution in [0.15, 0.2) is 42.5 Å². The lowest BCUT2D eigenvalue weighted by molar-refractivity contribution is -0.126. The van der Waals surface area contributed by atoms with Gasteiger partial charge in [-0.3, -0.25) is 9.59 Å². The number of aryl methyl sites for hydroxylation is 1. The molecule has 2 aromatic carbocycles. The Balaban J connectivity index is 1.56. The Labute approximate surface area is 175 Å². The molecule has 0 saturated carbocycles. The largest absolute Gasteiger partial charge is 0.349 e. The van der Waals surface area contributed by atoms with E-state index in [4.69, 9.17) is 23.2 Å². The van der Waals surface area contributed by atoms with Gasteiger partial charge in [0.05, 0.1) is 6.04 Å². The molecule has 1 aliphatic rings. The van der Waals surface area contributed by atoms with E-state index in [0.29, 0.717) is 36.0 Å². The van der Waals surface area contributed by atoms with Crippen molar-refractivity contribution in [1.29, 1.82) is 0 Å². The van der Waals surface area contributed by atoms with E-state index in [2.05, 4.69) is 5.32 Å². The molecule has 6 heteroatoms. The quantitative estimate of drug-likeness (QED) is 0.756. The molecule has 1 atom stereocenters. The highest BCUT2D eigenvalue weighted by Gasteiger charge is 2.29. The molecule has 1 heterocycles. The number of benzene rings is 2. The molecule has 3 rings (SSSR count). The number of piperidine rings is 1. The maximum Gasteiger partial charge on any atom is 0.254 e. The Morgan fingerprint density at radius 1 is 1.11 bits per heavy atom. The monoisotopic (exact) mass is 418 g/mol. The number of nitrogens with one attached hydrogen (secondary N) is 1. The second-order valence-electron chi connectivity index (χ2n) is 7.28. The van der Waals surface area contributed by atoms with E-state index in [9.17, 15) is 9.59 Å². The minimum absolute atomic E-state index is 0.00140. The number of carbonyl (C=O) groups excluding carboxylic acids is 2. The highest BCUT2D eigenvalue weighted by Crippen LogP contribution is 2.27. The average molecular weight is 419 g/mol. The van der Waals surface area contributed by atoms with Gasteiger partial charge < -0.3 is 10.2 Å². The molecule has 4 nitrogen and oxygen atoms in total. The number of likely N-dealkylation sites (tertiary alicyclic amines) is 1. The Hall–Kier alpha value is -2.04. The molecular formula is C22H24Cl2N2O2. The maximum atomic E-state index is 12.7. The van der Waals surface area contributed by atoms with Crippen LogP contribution in [-0.2, 0) is 4.79 Å². The van der Waals surface area contributed by atoms with Crippen molar-refractivity contribution in [2.75, 3.05) is 13.1 Å². The zero-order valence-electron chi connectivity index (χ0n) is 16.0. The second kappa shape index (κ2) is 8.97. The fourth-order valence-electron chi connectivity index (χ4n) is 3.59. The zero-order valence-corrected chi connectivity index (χ0v) is 17.6. The molecule has 1 saturated heterocycles. The van der Waals surface area contributed by atoms with Crippen LogP contribution in [0.4, 0.5) is 0 Å². The Bertz CT molecular complexity index is 877. The topological polar surface area (TPSA) is 49.4 Å². The van der Waals surface area contributed by atoms with Gasteiger partial charge in [-0.25, -0.2) is 0 Å². The second-order valence-corrected chi connectivity index (χ2v) is 8.12. The Morgan fingerprint density at radius 2 is 1.79 bits per heavy atom. The molecule has 2 amide bonds. The maximum absolute atomic E-state index is 12.7. The van der Waals surface area contributed by atoms with Gasteiger partial charge in [-0.2, -0.15) is 0 Å². The summed E-state index contributed by atoms with van der Waals surface area (Å²) < 4.78 is 0. The lowest BCUT2D eigenvalue weighted by Gasteiger charge is -2.32. The van der Waals surface area contributed by atoms with Gasteiger partial charge >= 0.3 is 0 Å². The fourth-order valence-corrected chi connectivity index (χ4v) is 4.16. The van der Waals surface area contributed by atoms with E-state index in [1.165, 1.54) is 0 Å². The number of amides is 2. The van der Waals surface area contributed by atoms with E-state index in [1.54, 1.807) is 12.1 Å². The molecule has 2 aromatic rings. The fraction of sp³-hybridized carbons (Fsp3) is 0.364. The van der Waals surface area contributed by atoms with Gasteiger partial charge in [0, 0.05) is 34.6 Å². The van der Waals surface area contributed by atoms with Crippen molar-refractivity contribution >= 4 is 35.0 Å². The molecule has 148 valence electrons. The molecule has 1 N–H and O–H groups in total. The number of halogens is 2. The molecule has 0 radical (unpaired) electrons. The molecule has 0 aromatic heterocycles. The lowest BCUT2D eigenvalue weighted by atomic mass is 9.94. The molecule has 1 aliphatic heterocycles. The van der Waals surface area contributed by atoms with Gasteiger partial charge in [-0.05, 0) is 56.0 Å². The molecule has 0 bridgehead atoms. The Morgan fingerprint density at radius 3 is 2.43 bits per heavy atom. The summed E-state index contributed by atoms with van der Waals surface area (Å²) in [7, 11) is 0. The van der Waals surface area contributed by atoms with E-state index >= 15 is 0 Å². The van der Waals surface area contributed by atoms with Crippen LogP contribution in [0, 0.1) is 12.8 Å². The summed E-state index contributed by atoms with van der Waals surface area (Å²) in [5.74, 6) is -0.0609. The van der Waals surface area contributed by atoms with Crippen LogP contribution in [0.25, 0.3) is 0 Å². The number of rotatable bonds is 4. The van der Waals surface area contributed by atoms with E-state index in [1.807, 2.05) is 49.1 Å². The van der Waals surface area contributed by atoms with Crippen LogP contribution in [-0.4, -0.2) is 29.8 Å². The molecule has 1 fully saturated rings. The van der Waals surface area contributed by atoms with Gasteiger partial charge in [0.15, 0.2) is 0 Å². The molecule has 0 spiro atoms. The summed E-state index contributed by atoms with van der Waals surface area (Å²) in [5.41, 5.74) is 2.55. The third-order valence-corrected chi connectivity index (χ3v) is 5.88. The zero-order chi connectivity index (χ0) is 20.3. The van der Waals surface area contributed by atoms with Gasteiger partial charge in [0.25, 0.3) is 5.91 Å². The Kier molecular flexibility index (Phi) is 6.63. The van der Waals surface area contributed by atoms with Crippen LogP contribution < -0.4 is 5.32 Å². The summed E-state index contributed by atoms with van der Waals surface area (Å²) in [6.45, 7) is 5.02. The summed E-state index contributed by atoms with van der Waals surface area (Å²) in [4.78, 5) is 27.2. The minimum atomic E-state index is -0.205.